The van der Waals surface area contributed by atoms with Gasteiger partial charge in [-0.25, -0.2) is 8.42 Å². The number of nitrogens with two attached hydrogens (primary N) is 1. The van der Waals surface area contributed by atoms with E-state index >= 15 is 0 Å². The quantitative estimate of drug-likeness (QED) is 0.752. The molecule has 1 aromatic carbocycles. The minimum absolute atomic E-state index is 0.0800. The van der Waals surface area contributed by atoms with Crippen LogP contribution in [-0.2, 0) is 10.0 Å². The summed E-state index contributed by atoms with van der Waals surface area (Å²) >= 11 is 0. The van der Waals surface area contributed by atoms with E-state index in [9.17, 15) is 8.42 Å². The summed E-state index contributed by atoms with van der Waals surface area (Å²) in [6.07, 6.45) is 0. The smallest absolute Gasteiger partial charge is 0.243 e. The second-order valence-electron chi connectivity index (χ2n) is 3.96. The van der Waals surface area contributed by atoms with Crippen LogP contribution in [0, 0.1) is 0 Å². The van der Waals surface area contributed by atoms with Gasteiger partial charge < -0.3 is 15.6 Å². The molecule has 1 aromatic rings. The molecule has 1 unspecified atom stereocenters. The summed E-state index contributed by atoms with van der Waals surface area (Å²) < 4.78 is 30.6. The van der Waals surface area contributed by atoms with E-state index in [1.54, 1.807) is 6.92 Å². The van der Waals surface area contributed by atoms with E-state index in [0.29, 0.717) is 11.4 Å². The standard InChI is InChI=1S/C11H18N2O4S/c1-8(7-14)13(2)18(15,16)9-4-5-10(12)11(6-9)17-3/h4-6,8,14H,7,12H2,1-3H3. The summed E-state index contributed by atoms with van der Waals surface area (Å²) in [4.78, 5) is 0.0800. The van der Waals surface area contributed by atoms with Crippen molar-refractivity contribution in [3.05, 3.63) is 18.2 Å². The third-order valence-corrected chi connectivity index (χ3v) is 4.73. The van der Waals surface area contributed by atoms with Gasteiger partial charge in [0.25, 0.3) is 0 Å². The van der Waals surface area contributed by atoms with Crippen molar-refractivity contribution in [3.63, 3.8) is 0 Å². The van der Waals surface area contributed by atoms with Gasteiger partial charge in [-0.1, -0.05) is 0 Å². The van der Waals surface area contributed by atoms with Crippen molar-refractivity contribution in [2.75, 3.05) is 26.5 Å². The summed E-state index contributed by atoms with van der Waals surface area (Å²) in [5.41, 5.74) is 6.00. The van der Waals surface area contributed by atoms with Crippen LogP contribution < -0.4 is 10.5 Å². The number of hydrogen-bond donors (Lipinski definition) is 2. The summed E-state index contributed by atoms with van der Waals surface area (Å²) in [6.45, 7) is 1.37. The lowest BCUT2D eigenvalue weighted by Gasteiger charge is -2.22. The molecule has 1 atom stereocenters. The highest BCUT2D eigenvalue weighted by molar-refractivity contribution is 7.89. The van der Waals surface area contributed by atoms with Crippen molar-refractivity contribution in [3.8, 4) is 5.75 Å². The number of aliphatic hydroxyl groups is 1. The minimum atomic E-state index is -3.66. The molecule has 0 aromatic heterocycles. The first kappa shape index (κ1) is 14.7. The van der Waals surface area contributed by atoms with Crippen molar-refractivity contribution in [1.82, 2.24) is 4.31 Å². The van der Waals surface area contributed by atoms with Gasteiger partial charge in [-0.15, -0.1) is 0 Å². The molecule has 0 spiro atoms. The number of methoxy groups -OCH3 is 1. The Bertz CT molecular complexity index is 516. The van der Waals surface area contributed by atoms with Gasteiger partial charge in [-0.05, 0) is 19.1 Å². The van der Waals surface area contributed by atoms with Crippen LogP contribution >= 0.6 is 0 Å². The highest BCUT2D eigenvalue weighted by Gasteiger charge is 2.25. The van der Waals surface area contributed by atoms with E-state index < -0.39 is 16.1 Å². The van der Waals surface area contributed by atoms with Gasteiger partial charge in [0.2, 0.25) is 10.0 Å². The van der Waals surface area contributed by atoms with Crippen molar-refractivity contribution in [2.45, 2.75) is 17.9 Å². The molecule has 0 amide bonds. The fraction of sp³-hybridized carbons (Fsp3) is 0.455. The summed E-state index contributed by atoms with van der Waals surface area (Å²) in [5.74, 6) is 0.307. The summed E-state index contributed by atoms with van der Waals surface area (Å²) in [5, 5.41) is 9.01. The Morgan fingerprint density at radius 1 is 1.50 bits per heavy atom. The number of sulfonamides is 1. The summed E-state index contributed by atoms with van der Waals surface area (Å²) in [6, 6.07) is 3.75. The van der Waals surface area contributed by atoms with Crippen LogP contribution in [-0.4, -0.2) is 44.6 Å². The number of nitrogens with zero attached hydrogens (tertiary/aromatic N) is 1. The molecule has 6 nitrogen and oxygen atoms in total. The number of aliphatic hydroxyl groups excluding tert-OH is 1. The Labute approximate surface area is 107 Å². The molecule has 7 heteroatoms. The fourth-order valence-electron chi connectivity index (χ4n) is 1.37. The Balaban J connectivity index is 3.20. The molecular weight excluding hydrogens is 256 g/mol. The van der Waals surface area contributed by atoms with Crippen LogP contribution in [0.5, 0.6) is 5.75 Å². The number of hydrogen-bond acceptors (Lipinski definition) is 5. The molecule has 0 saturated carbocycles. The Morgan fingerprint density at radius 3 is 2.61 bits per heavy atom. The number of likely N-dealkylation sites (N-methyl/N-ethyl adjacent to an activating group) is 1. The predicted octanol–water partition coefficient (Wildman–Crippen LogP) is 0.279. The average molecular weight is 274 g/mol. The molecule has 0 saturated heterocycles. The first-order valence-corrected chi connectivity index (χ1v) is 6.81. The molecule has 1 rings (SSSR count). The third-order valence-electron chi connectivity index (χ3n) is 2.77. The second-order valence-corrected chi connectivity index (χ2v) is 5.95. The monoisotopic (exact) mass is 274 g/mol. The molecule has 0 heterocycles. The maximum absolute atomic E-state index is 12.2. The highest BCUT2D eigenvalue weighted by Crippen LogP contribution is 2.26. The normalized spacial score (nSPS) is 13.6. The van der Waals surface area contributed by atoms with Gasteiger partial charge >= 0.3 is 0 Å². The van der Waals surface area contributed by atoms with E-state index in [1.807, 2.05) is 0 Å². The van der Waals surface area contributed by atoms with E-state index in [1.165, 1.54) is 32.4 Å². The zero-order chi connectivity index (χ0) is 13.9. The second kappa shape index (κ2) is 5.55. The number of benzene rings is 1. The predicted molar refractivity (Wildman–Crippen MR) is 68.9 cm³/mol. The average Bonchev–Trinajstić information content (AvgIpc) is 2.37. The van der Waals surface area contributed by atoms with Crippen LogP contribution in [0.3, 0.4) is 0 Å². The highest BCUT2D eigenvalue weighted by atomic mass is 32.2. The van der Waals surface area contributed by atoms with Crippen LogP contribution in [0.1, 0.15) is 6.92 Å². The van der Waals surface area contributed by atoms with E-state index in [4.69, 9.17) is 15.6 Å². The molecule has 0 fully saturated rings. The van der Waals surface area contributed by atoms with E-state index in [0.717, 1.165) is 4.31 Å². The molecule has 102 valence electrons. The van der Waals surface area contributed by atoms with Crippen LogP contribution in [0.2, 0.25) is 0 Å². The van der Waals surface area contributed by atoms with Gasteiger partial charge in [0.05, 0.1) is 24.3 Å². The van der Waals surface area contributed by atoms with Crippen LogP contribution in [0.25, 0.3) is 0 Å². The molecule has 0 radical (unpaired) electrons. The molecular formula is C11H18N2O4S. The number of rotatable bonds is 5. The number of anilines is 1. The van der Waals surface area contributed by atoms with Crippen LogP contribution in [0.4, 0.5) is 5.69 Å². The first-order valence-electron chi connectivity index (χ1n) is 5.37. The Morgan fingerprint density at radius 2 is 2.11 bits per heavy atom. The lowest BCUT2D eigenvalue weighted by Crippen LogP contribution is -2.37. The SMILES string of the molecule is COc1cc(S(=O)(=O)N(C)C(C)CO)ccc1N. The maximum Gasteiger partial charge on any atom is 0.243 e. The zero-order valence-electron chi connectivity index (χ0n) is 10.6. The number of ether oxygens (including phenoxy) is 1. The molecule has 0 aliphatic heterocycles. The van der Waals surface area contributed by atoms with E-state index in [2.05, 4.69) is 0 Å². The third kappa shape index (κ3) is 2.74. The zero-order valence-corrected chi connectivity index (χ0v) is 11.4. The molecule has 18 heavy (non-hydrogen) atoms. The van der Waals surface area contributed by atoms with Crippen molar-refractivity contribution in [1.29, 1.82) is 0 Å². The van der Waals surface area contributed by atoms with Gasteiger partial charge in [0.1, 0.15) is 5.75 Å². The topological polar surface area (TPSA) is 92.9 Å². The number of nitrogen functional groups attached to an aromatic ring is 1. The molecule has 0 aliphatic rings. The molecule has 3 N–H and O–H groups in total. The molecule has 0 aliphatic carbocycles. The first-order chi connectivity index (χ1) is 8.34. The van der Waals surface area contributed by atoms with Crippen LogP contribution in [0.15, 0.2) is 23.1 Å². The molecule has 0 bridgehead atoms. The van der Waals surface area contributed by atoms with E-state index in [-0.39, 0.29) is 11.5 Å². The minimum Gasteiger partial charge on any atom is -0.495 e. The Hall–Kier alpha value is -1.31. The Kier molecular flexibility index (Phi) is 4.55. The van der Waals surface area contributed by atoms with Crippen molar-refractivity contribution in [2.24, 2.45) is 0 Å². The van der Waals surface area contributed by atoms with Gasteiger partial charge in [0.15, 0.2) is 0 Å². The largest absolute Gasteiger partial charge is 0.495 e. The maximum atomic E-state index is 12.2. The lowest BCUT2D eigenvalue weighted by atomic mass is 10.3. The lowest BCUT2D eigenvalue weighted by molar-refractivity contribution is 0.214. The van der Waals surface area contributed by atoms with Gasteiger partial charge in [-0.2, -0.15) is 4.31 Å². The van der Waals surface area contributed by atoms with Gasteiger partial charge in [-0.3, -0.25) is 0 Å². The fourth-order valence-corrected chi connectivity index (χ4v) is 2.74. The van der Waals surface area contributed by atoms with Crippen molar-refractivity contribution >= 4 is 15.7 Å². The summed E-state index contributed by atoms with van der Waals surface area (Å²) in [7, 11) is -0.827. The van der Waals surface area contributed by atoms with Crippen molar-refractivity contribution < 1.29 is 18.3 Å². The van der Waals surface area contributed by atoms with Gasteiger partial charge in [0, 0.05) is 19.2 Å².